The molecule has 0 spiro atoms. The minimum atomic E-state index is -0.888. The van der Waals surface area contributed by atoms with Gasteiger partial charge in [-0.1, -0.05) is 91.2 Å². The van der Waals surface area contributed by atoms with Gasteiger partial charge in [0.25, 0.3) is 5.91 Å². The molecule has 1 aromatic heterocycles. The maximum atomic E-state index is 13.5. The zero-order valence-electron chi connectivity index (χ0n) is 21.3. The van der Waals surface area contributed by atoms with E-state index in [1.165, 1.54) is 22.3 Å². The van der Waals surface area contributed by atoms with Gasteiger partial charge in [-0.2, -0.15) is 0 Å². The lowest BCUT2D eigenvalue weighted by atomic mass is 9.95. The monoisotopic (exact) mass is 558 g/mol. The molecule has 5 rings (SSSR count). The number of carbonyl (C=O) groups is 2. The third-order valence-electron chi connectivity index (χ3n) is 6.44. The number of ether oxygens (including phenoxy) is 1. The smallest absolute Gasteiger partial charge is 0.296 e. The molecule has 0 radical (unpaired) electrons. The predicted octanol–water partition coefficient (Wildman–Crippen LogP) is 7.70. The molecular formula is C31H27ClN2O4S. The van der Waals surface area contributed by atoms with E-state index in [-0.39, 0.29) is 5.57 Å². The highest BCUT2D eigenvalue weighted by atomic mass is 35.5. The molecule has 2 heterocycles. The lowest BCUT2D eigenvalue weighted by Crippen LogP contribution is -2.30. The van der Waals surface area contributed by atoms with Crippen LogP contribution in [0.15, 0.2) is 90.2 Å². The van der Waals surface area contributed by atoms with Crippen molar-refractivity contribution in [1.29, 1.82) is 0 Å². The van der Waals surface area contributed by atoms with E-state index in [4.69, 9.17) is 16.3 Å². The number of allylic oxidation sites excluding steroid dienone is 1. The van der Waals surface area contributed by atoms with Gasteiger partial charge >= 0.3 is 0 Å². The number of benzene rings is 3. The number of hydrogen-bond acceptors (Lipinski definition) is 6. The lowest BCUT2D eigenvalue weighted by molar-refractivity contribution is -0.117. The van der Waals surface area contributed by atoms with Gasteiger partial charge in [-0.05, 0) is 54.0 Å². The van der Waals surface area contributed by atoms with Crippen LogP contribution in [0.25, 0.3) is 16.3 Å². The van der Waals surface area contributed by atoms with Crippen molar-refractivity contribution in [2.75, 3.05) is 11.5 Å². The second-order valence-corrected chi connectivity index (χ2v) is 10.6. The molecule has 0 bridgehead atoms. The highest BCUT2D eigenvalue weighted by Gasteiger charge is 2.45. The summed E-state index contributed by atoms with van der Waals surface area (Å²) in [6.07, 6.45) is 6.13. The van der Waals surface area contributed by atoms with Gasteiger partial charge in [0, 0.05) is 5.02 Å². The molecule has 0 aliphatic carbocycles. The summed E-state index contributed by atoms with van der Waals surface area (Å²) in [6.45, 7) is 2.70. The van der Waals surface area contributed by atoms with Gasteiger partial charge < -0.3 is 9.84 Å². The molecule has 1 unspecified atom stereocenters. The molecule has 6 nitrogen and oxygen atoms in total. The number of hydrogen-bond donors (Lipinski definition) is 1. The van der Waals surface area contributed by atoms with E-state index in [2.05, 4.69) is 11.9 Å². The first kappa shape index (κ1) is 26.7. The number of halogens is 1. The van der Waals surface area contributed by atoms with Crippen molar-refractivity contribution in [2.45, 2.75) is 32.2 Å². The summed E-state index contributed by atoms with van der Waals surface area (Å²) in [4.78, 5) is 33.1. The summed E-state index contributed by atoms with van der Waals surface area (Å²) in [6, 6.07) is 21.1. The average Bonchev–Trinajstić information content (AvgIpc) is 3.48. The number of anilines is 1. The number of ketones is 1. The van der Waals surface area contributed by atoms with Crippen LogP contribution >= 0.6 is 22.9 Å². The summed E-state index contributed by atoms with van der Waals surface area (Å²) >= 11 is 7.45. The van der Waals surface area contributed by atoms with Crippen LogP contribution in [0.3, 0.4) is 0 Å². The molecule has 1 atom stereocenters. The fraction of sp³-hybridized carbons (Fsp3) is 0.194. The molecule has 0 fully saturated rings. The fourth-order valence-corrected chi connectivity index (χ4v) is 5.77. The summed E-state index contributed by atoms with van der Waals surface area (Å²) in [5.74, 6) is -1.11. The normalized spacial score (nSPS) is 15.6. The number of aliphatic hydroxyl groups excluding tert-OH is 1. The topological polar surface area (TPSA) is 79.7 Å². The zero-order chi connectivity index (χ0) is 27.4. The van der Waals surface area contributed by atoms with Crippen LogP contribution in [0.4, 0.5) is 5.13 Å². The SMILES string of the molecule is CCCCCOc1cccc(C2C(C(=O)C=Cc3ccccc3)=C(O)C(=O)N2c2nc3ccc(Cl)cc3s2)c1. The minimum absolute atomic E-state index is 0.00685. The van der Waals surface area contributed by atoms with Crippen molar-refractivity contribution in [3.63, 3.8) is 0 Å². The summed E-state index contributed by atoms with van der Waals surface area (Å²) < 4.78 is 6.75. The summed E-state index contributed by atoms with van der Waals surface area (Å²) in [7, 11) is 0. The second-order valence-electron chi connectivity index (χ2n) is 9.18. The van der Waals surface area contributed by atoms with Crippen molar-refractivity contribution in [3.05, 3.63) is 106 Å². The largest absolute Gasteiger partial charge is 0.503 e. The van der Waals surface area contributed by atoms with Gasteiger partial charge in [-0.15, -0.1) is 0 Å². The molecule has 0 saturated carbocycles. The van der Waals surface area contributed by atoms with Gasteiger partial charge in [0.1, 0.15) is 5.75 Å². The molecule has 4 aromatic rings. The molecule has 3 aromatic carbocycles. The maximum Gasteiger partial charge on any atom is 0.296 e. The van der Waals surface area contributed by atoms with Gasteiger partial charge in [-0.3, -0.25) is 14.5 Å². The minimum Gasteiger partial charge on any atom is -0.503 e. The highest BCUT2D eigenvalue weighted by Crippen LogP contribution is 2.44. The zero-order valence-corrected chi connectivity index (χ0v) is 22.9. The van der Waals surface area contributed by atoms with Gasteiger partial charge in [0.05, 0.1) is 28.4 Å². The van der Waals surface area contributed by atoms with Crippen LogP contribution < -0.4 is 9.64 Å². The van der Waals surface area contributed by atoms with E-state index in [9.17, 15) is 14.7 Å². The van der Waals surface area contributed by atoms with E-state index < -0.39 is 23.5 Å². The summed E-state index contributed by atoms with van der Waals surface area (Å²) in [5, 5.41) is 11.9. The Kier molecular flexibility index (Phi) is 8.10. The van der Waals surface area contributed by atoms with Crippen molar-refractivity contribution < 1.29 is 19.4 Å². The molecule has 1 amide bonds. The second kappa shape index (κ2) is 11.8. The average molecular weight is 559 g/mol. The van der Waals surface area contributed by atoms with E-state index in [0.717, 1.165) is 29.5 Å². The van der Waals surface area contributed by atoms with Gasteiger partial charge in [0.15, 0.2) is 16.7 Å². The van der Waals surface area contributed by atoms with Crippen LogP contribution in [0.5, 0.6) is 5.75 Å². The molecule has 1 aliphatic heterocycles. The third kappa shape index (κ3) is 5.75. The molecule has 1 aliphatic rings. The number of rotatable bonds is 10. The molecular weight excluding hydrogens is 532 g/mol. The Morgan fingerprint density at radius 3 is 2.72 bits per heavy atom. The van der Waals surface area contributed by atoms with Crippen molar-refractivity contribution in [3.8, 4) is 5.75 Å². The number of unbranched alkanes of at least 4 members (excludes halogenated alkanes) is 2. The van der Waals surface area contributed by atoms with E-state index in [1.807, 2.05) is 54.6 Å². The number of fused-ring (bicyclic) bond motifs is 1. The van der Waals surface area contributed by atoms with Crippen LogP contribution in [0.1, 0.15) is 43.4 Å². The number of aromatic nitrogens is 1. The van der Waals surface area contributed by atoms with E-state index in [1.54, 1.807) is 24.3 Å². The maximum absolute atomic E-state index is 13.5. The Balaban J connectivity index is 1.55. The number of amides is 1. The highest BCUT2D eigenvalue weighted by molar-refractivity contribution is 7.22. The number of nitrogens with zero attached hydrogens (tertiary/aromatic N) is 2. The van der Waals surface area contributed by atoms with Crippen LogP contribution in [0.2, 0.25) is 5.02 Å². The first-order valence-corrected chi connectivity index (χ1v) is 14.0. The Bertz CT molecular complexity index is 1580. The molecule has 0 saturated heterocycles. The van der Waals surface area contributed by atoms with Crippen molar-refractivity contribution in [1.82, 2.24) is 4.98 Å². The predicted molar refractivity (Wildman–Crippen MR) is 156 cm³/mol. The van der Waals surface area contributed by atoms with E-state index >= 15 is 0 Å². The quantitative estimate of drug-likeness (QED) is 0.159. The van der Waals surface area contributed by atoms with Crippen LogP contribution in [-0.4, -0.2) is 28.4 Å². The standard InChI is InChI=1S/C31H27ClN2O4S/c1-2-3-7-17-38-23-12-8-11-21(18-23)28-27(25(35)16-13-20-9-5-4-6-10-20)29(36)30(37)34(28)31-33-24-15-14-22(32)19-26(24)39-31/h4-6,8-16,18-19,28,36H,2-3,7,17H2,1H3. The van der Waals surface area contributed by atoms with Crippen molar-refractivity contribution >= 4 is 56.1 Å². The number of carbonyl (C=O) groups excluding carboxylic acids is 2. The first-order valence-electron chi connectivity index (χ1n) is 12.8. The fourth-order valence-electron chi connectivity index (χ4n) is 4.50. The Morgan fingerprint density at radius 2 is 1.92 bits per heavy atom. The molecule has 8 heteroatoms. The molecule has 1 N–H and O–H groups in total. The lowest BCUT2D eigenvalue weighted by Gasteiger charge is -2.24. The van der Waals surface area contributed by atoms with Gasteiger partial charge in [0.2, 0.25) is 0 Å². The van der Waals surface area contributed by atoms with Gasteiger partial charge in [-0.25, -0.2) is 4.98 Å². The Morgan fingerprint density at radius 1 is 1.10 bits per heavy atom. The third-order valence-corrected chi connectivity index (χ3v) is 7.69. The Labute approximate surface area is 235 Å². The number of aliphatic hydroxyl groups is 1. The molecule has 39 heavy (non-hydrogen) atoms. The Hall–Kier alpha value is -3.94. The van der Waals surface area contributed by atoms with E-state index in [0.29, 0.717) is 33.6 Å². The summed E-state index contributed by atoms with van der Waals surface area (Å²) in [5.41, 5.74) is 2.12. The van der Waals surface area contributed by atoms with Crippen molar-refractivity contribution in [2.24, 2.45) is 0 Å². The number of thiazole rings is 1. The molecule has 198 valence electrons. The first-order chi connectivity index (χ1) is 19.0. The van der Waals surface area contributed by atoms with Crippen LogP contribution in [0, 0.1) is 0 Å². The van der Waals surface area contributed by atoms with Crippen LogP contribution in [-0.2, 0) is 9.59 Å².